The number of rotatable bonds is 2. The molecular formula is C16H15N3O. The molecular weight excluding hydrogens is 250 g/mol. The van der Waals surface area contributed by atoms with Crippen LogP contribution in [0.5, 0.6) is 0 Å². The third-order valence-corrected chi connectivity index (χ3v) is 3.77. The Morgan fingerprint density at radius 3 is 3.05 bits per heavy atom. The molecule has 1 aliphatic heterocycles. The van der Waals surface area contributed by atoms with Gasteiger partial charge in [-0.05, 0) is 30.2 Å². The number of benzene rings is 2. The van der Waals surface area contributed by atoms with Crippen molar-refractivity contribution in [3.05, 3.63) is 53.9 Å². The van der Waals surface area contributed by atoms with E-state index in [-0.39, 0.29) is 0 Å². The monoisotopic (exact) mass is 265 g/mol. The molecule has 0 spiro atoms. The van der Waals surface area contributed by atoms with Crippen LogP contribution in [0.4, 0.5) is 11.4 Å². The lowest BCUT2D eigenvalue weighted by Crippen LogP contribution is -2.19. The van der Waals surface area contributed by atoms with Gasteiger partial charge in [0.05, 0.1) is 6.54 Å². The molecule has 0 saturated heterocycles. The Morgan fingerprint density at radius 1 is 1.20 bits per heavy atom. The molecule has 2 N–H and O–H groups in total. The van der Waals surface area contributed by atoms with Crippen LogP contribution in [0.1, 0.15) is 11.5 Å². The second-order valence-corrected chi connectivity index (χ2v) is 5.14. The van der Waals surface area contributed by atoms with Gasteiger partial charge in [-0.2, -0.15) is 0 Å². The average molecular weight is 265 g/mol. The second-order valence-electron chi connectivity index (χ2n) is 5.14. The normalized spacial score (nSPS) is 13.9. The van der Waals surface area contributed by atoms with Gasteiger partial charge >= 0.3 is 0 Å². The van der Waals surface area contributed by atoms with Gasteiger partial charge < -0.3 is 15.1 Å². The number of anilines is 2. The summed E-state index contributed by atoms with van der Waals surface area (Å²) in [7, 11) is 0. The summed E-state index contributed by atoms with van der Waals surface area (Å²) in [6.45, 7) is 1.71. The third-order valence-electron chi connectivity index (χ3n) is 3.77. The number of hydrogen-bond donors (Lipinski definition) is 1. The summed E-state index contributed by atoms with van der Waals surface area (Å²) in [4.78, 5) is 6.84. The van der Waals surface area contributed by atoms with Crippen molar-refractivity contribution in [2.75, 3.05) is 17.2 Å². The van der Waals surface area contributed by atoms with Crippen molar-refractivity contribution in [2.24, 2.45) is 0 Å². The molecule has 1 aliphatic rings. The van der Waals surface area contributed by atoms with Gasteiger partial charge in [0.25, 0.3) is 0 Å². The van der Waals surface area contributed by atoms with Crippen molar-refractivity contribution >= 4 is 22.5 Å². The minimum absolute atomic E-state index is 0.700. The van der Waals surface area contributed by atoms with E-state index in [2.05, 4.69) is 34.1 Å². The van der Waals surface area contributed by atoms with Crippen LogP contribution < -0.4 is 10.6 Å². The molecule has 1 aromatic heterocycles. The zero-order valence-corrected chi connectivity index (χ0v) is 11.0. The van der Waals surface area contributed by atoms with Crippen LogP contribution in [0, 0.1) is 0 Å². The van der Waals surface area contributed by atoms with Crippen molar-refractivity contribution < 1.29 is 4.42 Å². The Labute approximate surface area is 116 Å². The highest BCUT2D eigenvalue weighted by Gasteiger charge is 2.20. The largest absolute Gasteiger partial charge is 0.439 e. The highest BCUT2D eigenvalue weighted by molar-refractivity contribution is 5.76. The average Bonchev–Trinajstić information content (AvgIpc) is 3.03. The fourth-order valence-corrected chi connectivity index (χ4v) is 2.79. The number of nitrogens with two attached hydrogens (primary N) is 1. The van der Waals surface area contributed by atoms with Gasteiger partial charge in [-0.3, -0.25) is 0 Å². The summed E-state index contributed by atoms with van der Waals surface area (Å²) >= 11 is 0. The molecule has 0 amide bonds. The summed E-state index contributed by atoms with van der Waals surface area (Å²) < 4.78 is 5.79. The first kappa shape index (κ1) is 11.3. The molecule has 2 heterocycles. The molecule has 20 heavy (non-hydrogen) atoms. The first-order chi connectivity index (χ1) is 9.79. The maximum Gasteiger partial charge on any atom is 0.215 e. The lowest BCUT2D eigenvalue weighted by atomic mass is 10.2. The molecule has 0 aliphatic carbocycles. The lowest BCUT2D eigenvalue weighted by molar-refractivity contribution is 0.523. The maximum atomic E-state index is 5.79. The van der Waals surface area contributed by atoms with Crippen LogP contribution in [0.2, 0.25) is 0 Å². The zero-order chi connectivity index (χ0) is 13.5. The number of aromatic nitrogens is 1. The Morgan fingerprint density at radius 2 is 2.10 bits per heavy atom. The van der Waals surface area contributed by atoms with E-state index in [9.17, 15) is 0 Å². The van der Waals surface area contributed by atoms with Crippen molar-refractivity contribution in [1.82, 2.24) is 4.98 Å². The molecule has 0 atom stereocenters. The van der Waals surface area contributed by atoms with Crippen LogP contribution in [0.3, 0.4) is 0 Å². The van der Waals surface area contributed by atoms with Crippen LogP contribution in [-0.4, -0.2) is 11.5 Å². The number of fused-ring (bicyclic) bond motifs is 2. The molecule has 0 radical (unpaired) electrons. The molecule has 0 unspecified atom stereocenters. The molecule has 3 aromatic rings. The Kier molecular flexibility index (Phi) is 2.42. The standard InChI is InChI=1S/C16H15N3O/c17-12-5-6-13-15(9-12)20-16(18-13)10-19-8-7-11-3-1-2-4-14(11)19/h1-6,9H,7-8,10,17H2. The Bertz CT molecular complexity index is 778. The van der Waals surface area contributed by atoms with E-state index in [0.717, 1.165) is 30.0 Å². The molecule has 4 nitrogen and oxygen atoms in total. The van der Waals surface area contributed by atoms with Gasteiger partial charge in [-0.1, -0.05) is 18.2 Å². The molecule has 4 heteroatoms. The third kappa shape index (κ3) is 1.81. The fourth-order valence-electron chi connectivity index (χ4n) is 2.79. The number of oxazole rings is 1. The Hall–Kier alpha value is -2.49. The minimum Gasteiger partial charge on any atom is -0.439 e. The first-order valence-electron chi connectivity index (χ1n) is 6.77. The van der Waals surface area contributed by atoms with E-state index < -0.39 is 0 Å². The van der Waals surface area contributed by atoms with E-state index in [1.54, 1.807) is 0 Å². The van der Waals surface area contributed by atoms with Gasteiger partial charge in [-0.25, -0.2) is 4.98 Å². The molecule has 100 valence electrons. The molecule has 0 saturated carbocycles. The van der Waals surface area contributed by atoms with Crippen molar-refractivity contribution in [3.8, 4) is 0 Å². The van der Waals surface area contributed by atoms with E-state index in [4.69, 9.17) is 10.2 Å². The summed E-state index contributed by atoms with van der Waals surface area (Å²) in [5, 5.41) is 0. The van der Waals surface area contributed by atoms with Crippen molar-refractivity contribution in [2.45, 2.75) is 13.0 Å². The summed E-state index contributed by atoms with van der Waals surface area (Å²) in [5.41, 5.74) is 10.8. The summed E-state index contributed by atoms with van der Waals surface area (Å²) in [5.74, 6) is 0.738. The van der Waals surface area contributed by atoms with E-state index in [0.29, 0.717) is 12.2 Å². The topological polar surface area (TPSA) is 55.3 Å². The minimum atomic E-state index is 0.700. The number of nitrogen functional groups attached to an aromatic ring is 1. The van der Waals surface area contributed by atoms with Gasteiger partial charge in [-0.15, -0.1) is 0 Å². The fraction of sp³-hybridized carbons (Fsp3) is 0.188. The molecule has 0 fully saturated rings. The highest BCUT2D eigenvalue weighted by atomic mass is 16.3. The van der Waals surface area contributed by atoms with Crippen LogP contribution in [0.25, 0.3) is 11.1 Å². The SMILES string of the molecule is Nc1ccc2nc(CN3CCc4ccccc43)oc2c1. The highest BCUT2D eigenvalue weighted by Crippen LogP contribution is 2.29. The van der Waals surface area contributed by atoms with Gasteiger partial charge in [0.15, 0.2) is 5.58 Å². The molecule has 0 bridgehead atoms. The lowest BCUT2D eigenvalue weighted by Gasteiger charge is -2.16. The number of para-hydroxylation sites is 1. The van der Waals surface area contributed by atoms with Crippen LogP contribution in [0.15, 0.2) is 46.9 Å². The van der Waals surface area contributed by atoms with E-state index in [1.807, 2.05) is 18.2 Å². The second kappa shape index (κ2) is 4.27. The van der Waals surface area contributed by atoms with Gasteiger partial charge in [0.1, 0.15) is 5.52 Å². The molecule has 4 rings (SSSR count). The zero-order valence-electron chi connectivity index (χ0n) is 11.0. The van der Waals surface area contributed by atoms with Crippen LogP contribution in [-0.2, 0) is 13.0 Å². The predicted octanol–water partition coefficient (Wildman–Crippen LogP) is 2.97. The van der Waals surface area contributed by atoms with E-state index >= 15 is 0 Å². The quantitative estimate of drug-likeness (QED) is 0.724. The van der Waals surface area contributed by atoms with Crippen molar-refractivity contribution in [1.29, 1.82) is 0 Å². The number of hydrogen-bond acceptors (Lipinski definition) is 4. The predicted molar refractivity (Wildman–Crippen MR) is 79.6 cm³/mol. The van der Waals surface area contributed by atoms with Gasteiger partial charge in [0, 0.05) is 24.0 Å². The van der Waals surface area contributed by atoms with E-state index in [1.165, 1.54) is 11.3 Å². The summed E-state index contributed by atoms with van der Waals surface area (Å²) in [6.07, 6.45) is 1.09. The Balaban J connectivity index is 1.65. The summed E-state index contributed by atoms with van der Waals surface area (Å²) in [6, 6.07) is 14.1. The van der Waals surface area contributed by atoms with Crippen LogP contribution >= 0.6 is 0 Å². The van der Waals surface area contributed by atoms with Crippen molar-refractivity contribution in [3.63, 3.8) is 0 Å². The number of nitrogens with zero attached hydrogens (tertiary/aromatic N) is 2. The molecule has 2 aromatic carbocycles. The first-order valence-corrected chi connectivity index (χ1v) is 6.77. The maximum absolute atomic E-state index is 5.79. The van der Waals surface area contributed by atoms with Gasteiger partial charge in [0.2, 0.25) is 5.89 Å². The smallest absolute Gasteiger partial charge is 0.215 e.